The number of aliphatic imine (C=N–C) groups is 1. The van der Waals surface area contributed by atoms with Gasteiger partial charge in [0, 0.05) is 24.8 Å². The maximum atomic E-state index is 13.3. The van der Waals surface area contributed by atoms with Crippen LogP contribution in [0.1, 0.15) is 5.56 Å². The largest absolute Gasteiger partial charge is 0.494 e. The molecule has 0 aliphatic rings. The lowest BCUT2D eigenvalue weighted by atomic mass is 10.3. The van der Waals surface area contributed by atoms with Crippen molar-refractivity contribution in [1.29, 1.82) is 0 Å². The lowest BCUT2D eigenvalue weighted by molar-refractivity contribution is -0.113. The Balaban J connectivity index is 1.97. The highest BCUT2D eigenvalue weighted by Crippen LogP contribution is 2.24. The van der Waals surface area contributed by atoms with Crippen molar-refractivity contribution in [2.45, 2.75) is 0 Å². The minimum absolute atomic E-state index is 0.00782. The molecule has 0 fully saturated rings. The number of hydrogen-bond acceptors (Lipinski definition) is 6. The minimum Gasteiger partial charge on any atom is -0.494 e. The summed E-state index contributed by atoms with van der Waals surface area (Å²) in [5.74, 6) is -1.65. The van der Waals surface area contributed by atoms with E-state index in [4.69, 9.17) is 11.6 Å². The number of thioether (sulfide) groups is 1. The number of nitrogens with zero attached hydrogens (tertiary/aromatic N) is 3. The first-order valence-corrected chi connectivity index (χ1v) is 10.6. The Morgan fingerprint density at radius 2 is 1.84 bits per heavy atom. The van der Waals surface area contributed by atoms with E-state index < -0.39 is 28.9 Å². The number of carbonyl (C=O) groups excluding carboxylic acids is 1. The molecule has 8 nitrogen and oxygen atoms in total. The van der Waals surface area contributed by atoms with Gasteiger partial charge in [0.1, 0.15) is 16.4 Å². The molecule has 32 heavy (non-hydrogen) atoms. The lowest BCUT2D eigenvalue weighted by Gasteiger charge is -2.12. The van der Waals surface area contributed by atoms with Crippen LogP contribution in [0.25, 0.3) is 0 Å². The average Bonchev–Trinajstić information content (AvgIpc) is 2.76. The highest BCUT2D eigenvalue weighted by atomic mass is 35.5. The van der Waals surface area contributed by atoms with Crippen molar-refractivity contribution in [2.24, 2.45) is 19.1 Å². The third-order valence-electron chi connectivity index (χ3n) is 4.35. The van der Waals surface area contributed by atoms with E-state index in [1.165, 1.54) is 38.4 Å². The summed E-state index contributed by atoms with van der Waals surface area (Å²) < 4.78 is 15.0. The van der Waals surface area contributed by atoms with Crippen molar-refractivity contribution in [3.8, 4) is 5.88 Å². The molecule has 1 amide bonds. The molecule has 2 aromatic carbocycles. The SMILES string of the molecule is Cn1c(O)c(C(=Nc2ccc(F)cc2)SCC(=O)Nc2cccc(Cl)c2)c(=O)n(C)c1=O. The second kappa shape index (κ2) is 9.84. The van der Waals surface area contributed by atoms with Crippen LogP contribution < -0.4 is 16.6 Å². The van der Waals surface area contributed by atoms with Gasteiger partial charge < -0.3 is 10.4 Å². The fourth-order valence-electron chi connectivity index (χ4n) is 2.71. The zero-order valence-corrected chi connectivity index (χ0v) is 18.6. The number of amides is 1. The van der Waals surface area contributed by atoms with E-state index in [0.717, 1.165) is 20.9 Å². The van der Waals surface area contributed by atoms with Gasteiger partial charge in [0.25, 0.3) is 5.56 Å². The molecule has 0 radical (unpaired) electrons. The van der Waals surface area contributed by atoms with Crippen molar-refractivity contribution in [1.82, 2.24) is 9.13 Å². The number of nitrogens with one attached hydrogen (secondary N) is 1. The quantitative estimate of drug-likeness (QED) is 0.435. The molecule has 1 heterocycles. The molecule has 0 bridgehead atoms. The number of hydrogen-bond donors (Lipinski definition) is 2. The van der Waals surface area contributed by atoms with E-state index in [0.29, 0.717) is 16.4 Å². The Hall–Kier alpha value is -3.37. The first-order valence-electron chi connectivity index (χ1n) is 9.19. The van der Waals surface area contributed by atoms with Crippen molar-refractivity contribution >= 4 is 45.7 Å². The monoisotopic (exact) mass is 476 g/mol. The maximum absolute atomic E-state index is 13.3. The number of halogens is 2. The Labute approximate surface area is 191 Å². The molecule has 0 saturated carbocycles. The van der Waals surface area contributed by atoms with Crippen LogP contribution in [-0.2, 0) is 18.9 Å². The van der Waals surface area contributed by atoms with Crippen LogP contribution in [0.3, 0.4) is 0 Å². The summed E-state index contributed by atoms with van der Waals surface area (Å²) in [5, 5.41) is 13.6. The Morgan fingerprint density at radius 3 is 2.50 bits per heavy atom. The number of aromatic hydroxyl groups is 1. The first-order chi connectivity index (χ1) is 15.2. The number of anilines is 1. The van der Waals surface area contributed by atoms with Gasteiger partial charge in [-0.15, -0.1) is 0 Å². The van der Waals surface area contributed by atoms with Crippen molar-refractivity contribution in [2.75, 3.05) is 11.1 Å². The molecule has 0 aliphatic heterocycles. The normalized spacial score (nSPS) is 11.4. The minimum atomic E-state index is -0.783. The second-order valence-corrected chi connectivity index (χ2v) is 8.05. The van der Waals surface area contributed by atoms with E-state index in [2.05, 4.69) is 10.3 Å². The van der Waals surface area contributed by atoms with Gasteiger partial charge in [-0.05, 0) is 42.5 Å². The van der Waals surface area contributed by atoms with Crippen LogP contribution in [0, 0.1) is 5.82 Å². The molecule has 2 N–H and O–H groups in total. The zero-order valence-electron chi connectivity index (χ0n) is 17.0. The van der Waals surface area contributed by atoms with Gasteiger partial charge in [-0.3, -0.25) is 18.7 Å². The summed E-state index contributed by atoms with van der Waals surface area (Å²) >= 11 is 6.80. The Kier molecular flexibility index (Phi) is 7.16. The summed E-state index contributed by atoms with van der Waals surface area (Å²) in [6, 6.07) is 11.7. The standard InChI is InChI=1S/C21H18ClFN4O4S/c1-26-19(29)17(20(30)27(2)21(26)31)18(25-14-8-6-13(23)7-9-14)32-11-16(28)24-15-5-3-4-12(22)10-15/h3-10,29H,11H2,1-2H3,(H,24,28). The highest BCUT2D eigenvalue weighted by Gasteiger charge is 2.22. The number of rotatable bonds is 5. The second-order valence-electron chi connectivity index (χ2n) is 6.64. The lowest BCUT2D eigenvalue weighted by Crippen LogP contribution is -2.39. The highest BCUT2D eigenvalue weighted by molar-refractivity contribution is 8.15. The van der Waals surface area contributed by atoms with Gasteiger partial charge in [-0.25, -0.2) is 14.2 Å². The molecule has 3 aromatic rings. The maximum Gasteiger partial charge on any atom is 0.333 e. The van der Waals surface area contributed by atoms with Gasteiger partial charge in [-0.2, -0.15) is 0 Å². The van der Waals surface area contributed by atoms with Gasteiger partial charge in [0.15, 0.2) is 0 Å². The van der Waals surface area contributed by atoms with Gasteiger partial charge in [0.05, 0.1) is 11.4 Å². The summed E-state index contributed by atoms with van der Waals surface area (Å²) in [7, 11) is 2.56. The third-order valence-corrected chi connectivity index (χ3v) is 5.56. The van der Waals surface area contributed by atoms with Crippen molar-refractivity contribution < 1.29 is 14.3 Å². The van der Waals surface area contributed by atoms with Crippen LogP contribution in [0.15, 0.2) is 63.1 Å². The predicted molar refractivity (Wildman–Crippen MR) is 124 cm³/mol. The van der Waals surface area contributed by atoms with E-state index in [-0.39, 0.29) is 16.4 Å². The van der Waals surface area contributed by atoms with Crippen LogP contribution in [0.2, 0.25) is 5.02 Å². The molecule has 11 heteroatoms. The molecule has 3 rings (SSSR count). The fourth-order valence-corrected chi connectivity index (χ4v) is 3.73. The van der Waals surface area contributed by atoms with Gasteiger partial charge >= 0.3 is 5.69 Å². The summed E-state index contributed by atoms with van der Waals surface area (Å²) in [6.07, 6.45) is 0. The van der Waals surface area contributed by atoms with Crippen LogP contribution >= 0.6 is 23.4 Å². The third kappa shape index (κ3) is 5.27. The number of carbonyl (C=O) groups is 1. The smallest absolute Gasteiger partial charge is 0.333 e. The van der Waals surface area contributed by atoms with Crippen LogP contribution in [0.4, 0.5) is 15.8 Å². The number of aromatic nitrogens is 2. The molecule has 1 aromatic heterocycles. The molecule has 166 valence electrons. The first kappa shape index (κ1) is 23.3. The fraction of sp³-hybridized carbons (Fsp3) is 0.143. The molecule has 0 unspecified atom stereocenters. The Morgan fingerprint density at radius 1 is 1.16 bits per heavy atom. The van der Waals surface area contributed by atoms with Crippen molar-refractivity contribution in [3.63, 3.8) is 0 Å². The van der Waals surface area contributed by atoms with Crippen molar-refractivity contribution in [3.05, 3.63) is 85.8 Å². The summed E-state index contributed by atoms with van der Waals surface area (Å²) in [6.45, 7) is 0. The molecular weight excluding hydrogens is 459 g/mol. The molecule has 0 spiro atoms. The van der Waals surface area contributed by atoms with E-state index >= 15 is 0 Å². The molecule has 0 saturated heterocycles. The topological polar surface area (TPSA) is 106 Å². The van der Waals surface area contributed by atoms with E-state index in [9.17, 15) is 23.9 Å². The van der Waals surface area contributed by atoms with E-state index in [1.807, 2.05) is 0 Å². The molecular formula is C21H18ClFN4O4S. The number of benzene rings is 2. The molecule has 0 aliphatic carbocycles. The summed E-state index contributed by atoms with van der Waals surface area (Å²) in [5.41, 5.74) is -0.977. The molecule has 0 atom stereocenters. The Bertz CT molecular complexity index is 1320. The predicted octanol–water partition coefficient (Wildman–Crippen LogP) is 3.03. The average molecular weight is 477 g/mol. The van der Waals surface area contributed by atoms with Gasteiger partial charge in [-0.1, -0.05) is 29.4 Å². The van der Waals surface area contributed by atoms with Crippen LogP contribution in [-0.4, -0.2) is 30.9 Å². The zero-order chi connectivity index (χ0) is 23.4. The van der Waals surface area contributed by atoms with Gasteiger partial charge in [0.2, 0.25) is 11.8 Å². The van der Waals surface area contributed by atoms with E-state index in [1.54, 1.807) is 24.3 Å². The van der Waals surface area contributed by atoms with Crippen LogP contribution in [0.5, 0.6) is 5.88 Å². The summed E-state index contributed by atoms with van der Waals surface area (Å²) in [4.78, 5) is 41.6.